The number of rotatable bonds is 4. The van der Waals surface area contributed by atoms with Crippen molar-refractivity contribution in [3.8, 4) is 16.9 Å². The quantitative estimate of drug-likeness (QED) is 0.502. The molecule has 2 aromatic carbocycles. The zero-order chi connectivity index (χ0) is 22.5. The first-order valence-electron chi connectivity index (χ1n) is 10.1. The average molecular weight is 437 g/mol. The van der Waals surface area contributed by atoms with Gasteiger partial charge in [-0.25, -0.2) is 15.0 Å². The first-order valence-corrected chi connectivity index (χ1v) is 10.1. The molecule has 6 nitrogen and oxygen atoms in total. The van der Waals surface area contributed by atoms with Gasteiger partial charge in [-0.05, 0) is 43.5 Å². The van der Waals surface area contributed by atoms with Crippen LogP contribution in [0.3, 0.4) is 0 Å². The minimum atomic E-state index is -4.53. The van der Waals surface area contributed by atoms with Crippen LogP contribution in [0.25, 0.3) is 28.1 Å². The second kappa shape index (κ2) is 7.44. The number of fused-ring (bicyclic) bond motifs is 1. The number of alkyl halides is 3. The molecule has 0 spiro atoms. The van der Waals surface area contributed by atoms with Crippen LogP contribution in [0.15, 0.2) is 55.1 Å². The SMILES string of the molecule is Cc1ccc(C(=O)NC2CC2)cc1-n1cnc2c(-c3ccccc3C(F)(F)F)ncnc21. The topological polar surface area (TPSA) is 72.7 Å². The van der Waals surface area contributed by atoms with Crippen molar-refractivity contribution in [1.29, 1.82) is 0 Å². The maximum atomic E-state index is 13.6. The van der Waals surface area contributed by atoms with Gasteiger partial charge in [-0.3, -0.25) is 9.36 Å². The third-order valence-corrected chi connectivity index (χ3v) is 5.46. The van der Waals surface area contributed by atoms with Crippen molar-refractivity contribution in [2.75, 3.05) is 0 Å². The van der Waals surface area contributed by atoms with Gasteiger partial charge in [0.25, 0.3) is 5.91 Å². The standard InChI is InChI=1S/C23H18F3N5O/c1-13-6-7-14(22(32)30-15-8-9-15)10-18(13)31-12-29-20-19(27-11-28-21(20)31)16-4-2-3-5-17(16)23(24,25)26/h2-7,10-12,15H,8-9H2,1H3,(H,30,32). The second-order valence-corrected chi connectivity index (χ2v) is 7.80. The highest BCUT2D eigenvalue weighted by molar-refractivity contribution is 5.95. The summed E-state index contributed by atoms with van der Waals surface area (Å²) in [4.78, 5) is 25.2. The predicted molar refractivity (Wildman–Crippen MR) is 112 cm³/mol. The lowest BCUT2D eigenvalue weighted by molar-refractivity contribution is -0.137. The number of carbonyl (C=O) groups excluding carboxylic acids is 1. The molecule has 32 heavy (non-hydrogen) atoms. The molecule has 2 aromatic heterocycles. The third-order valence-electron chi connectivity index (χ3n) is 5.46. The molecule has 1 saturated carbocycles. The molecule has 5 rings (SSSR count). The summed E-state index contributed by atoms with van der Waals surface area (Å²) in [6.45, 7) is 1.88. The Kier molecular flexibility index (Phi) is 4.69. The van der Waals surface area contributed by atoms with E-state index in [1.807, 2.05) is 13.0 Å². The molecule has 9 heteroatoms. The molecule has 1 aliphatic rings. The van der Waals surface area contributed by atoms with Gasteiger partial charge in [0.15, 0.2) is 5.65 Å². The molecule has 1 N–H and O–H groups in total. The number of aromatic nitrogens is 4. The summed E-state index contributed by atoms with van der Waals surface area (Å²) in [6.07, 6.45) is 0.146. The second-order valence-electron chi connectivity index (χ2n) is 7.80. The summed E-state index contributed by atoms with van der Waals surface area (Å²) in [5.41, 5.74) is 1.88. The first-order chi connectivity index (χ1) is 15.3. The van der Waals surface area contributed by atoms with E-state index in [4.69, 9.17) is 0 Å². The van der Waals surface area contributed by atoms with E-state index in [1.165, 1.54) is 30.9 Å². The van der Waals surface area contributed by atoms with Crippen molar-refractivity contribution in [2.45, 2.75) is 32.0 Å². The summed E-state index contributed by atoms with van der Waals surface area (Å²) in [6, 6.07) is 10.8. The van der Waals surface area contributed by atoms with Crippen molar-refractivity contribution in [1.82, 2.24) is 24.8 Å². The number of imidazole rings is 1. The van der Waals surface area contributed by atoms with Crippen molar-refractivity contribution in [3.63, 3.8) is 0 Å². The largest absolute Gasteiger partial charge is 0.417 e. The van der Waals surface area contributed by atoms with Crippen LogP contribution >= 0.6 is 0 Å². The van der Waals surface area contributed by atoms with Gasteiger partial charge >= 0.3 is 6.18 Å². The molecule has 0 bridgehead atoms. The Morgan fingerprint density at radius 1 is 1.09 bits per heavy atom. The Bertz CT molecular complexity index is 1340. The molecular formula is C23H18F3N5O. The average Bonchev–Trinajstić information content (AvgIpc) is 3.48. The van der Waals surface area contributed by atoms with E-state index in [-0.39, 0.29) is 28.7 Å². The molecule has 1 amide bonds. The summed E-state index contributed by atoms with van der Waals surface area (Å²) in [7, 11) is 0. The molecule has 0 unspecified atom stereocenters. The Balaban J connectivity index is 1.63. The lowest BCUT2D eigenvalue weighted by Crippen LogP contribution is -2.25. The maximum absolute atomic E-state index is 13.6. The fraction of sp³-hybridized carbons (Fsp3) is 0.217. The molecular weight excluding hydrogens is 419 g/mol. The highest BCUT2D eigenvalue weighted by atomic mass is 19.4. The van der Waals surface area contributed by atoms with Crippen LogP contribution in [0, 0.1) is 6.92 Å². The Hall–Kier alpha value is -3.75. The number of halogens is 3. The number of hydrogen-bond acceptors (Lipinski definition) is 4. The number of hydrogen-bond donors (Lipinski definition) is 1. The van der Waals surface area contributed by atoms with Gasteiger partial charge in [-0.1, -0.05) is 24.3 Å². The van der Waals surface area contributed by atoms with Crippen LogP contribution in [-0.2, 0) is 6.18 Å². The minimum absolute atomic E-state index is 0.0630. The van der Waals surface area contributed by atoms with Gasteiger partial charge in [0.1, 0.15) is 23.9 Å². The summed E-state index contributed by atoms with van der Waals surface area (Å²) >= 11 is 0. The number of nitrogens with one attached hydrogen (secondary N) is 1. The van der Waals surface area contributed by atoms with Crippen LogP contribution < -0.4 is 5.32 Å². The van der Waals surface area contributed by atoms with Crippen molar-refractivity contribution >= 4 is 17.1 Å². The van der Waals surface area contributed by atoms with Gasteiger partial charge in [0.05, 0.1) is 11.3 Å². The third kappa shape index (κ3) is 3.59. The van der Waals surface area contributed by atoms with Crippen molar-refractivity contribution in [3.05, 3.63) is 71.8 Å². The molecule has 2 heterocycles. The van der Waals surface area contributed by atoms with Gasteiger partial charge in [-0.15, -0.1) is 0 Å². The zero-order valence-electron chi connectivity index (χ0n) is 17.0. The summed E-state index contributed by atoms with van der Waals surface area (Å²) in [5, 5.41) is 2.95. The highest BCUT2D eigenvalue weighted by Gasteiger charge is 2.34. The van der Waals surface area contributed by atoms with Gasteiger partial charge < -0.3 is 5.32 Å². The summed E-state index contributed by atoms with van der Waals surface area (Å²) in [5.74, 6) is -0.160. The normalized spacial score (nSPS) is 14.0. The Morgan fingerprint density at radius 3 is 2.62 bits per heavy atom. The number of amides is 1. The predicted octanol–water partition coefficient (Wildman–Crippen LogP) is 4.70. The molecule has 0 radical (unpaired) electrons. The molecule has 1 aliphatic carbocycles. The highest BCUT2D eigenvalue weighted by Crippen LogP contribution is 2.38. The molecule has 0 aliphatic heterocycles. The summed E-state index contributed by atoms with van der Waals surface area (Å²) < 4.78 is 42.4. The van der Waals surface area contributed by atoms with E-state index in [2.05, 4.69) is 20.3 Å². The zero-order valence-corrected chi connectivity index (χ0v) is 17.0. The monoisotopic (exact) mass is 437 g/mol. The van der Waals surface area contributed by atoms with E-state index in [1.54, 1.807) is 16.7 Å². The fourth-order valence-electron chi connectivity index (χ4n) is 3.65. The van der Waals surface area contributed by atoms with Gasteiger partial charge in [0.2, 0.25) is 0 Å². The van der Waals surface area contributed by atoms with E-state index < -0.39 is 11.7 Å². The Morgan fingerprint density at radius 2 is 1.88 bits per heavy atom. The molecule has 162 valence electrons. The van der Waals surface area contributed by atoms with E-state index in [0.29, 0.717) is 16.9 Å². The van der Waals surface area contributed by atoms with Crippen molar-refractivity contribution < 1.29 is 18.0 Å². The molecule has 1 fully saturated rings. The fourth-order valence-corrected chi connectivity index (χ4v) is 3.65. The molecule has 0 saturated heterocycles. The van der Waals surface area contributed by atoms with Crippen LogP contribution in [0.1, 0.15) is 34.3 Å². The number of benzene rings is 2. The smallest absolute Gasteiger partial charge is 0.349 e. The lowest BCUT2D eigenvalue weighted by Gasteiger charge is -2.13. The maximum Gasteiger partial charge on any atom is 0.417 e. The Labute approximate surface area is 181 Å². The van der Waals surface area contributed by atoms with E-state index in [9.17, 15) is 18.0 Å². The lowest BCUT2D eigenvalue weighted by atomic mass is 10.0. The van der Waals surface area contributed by atoms with Crippen LogP contribution in [0.2, 0.25) is 0 Å². The first kappa shape index (κ1) is 20.2. The molecule has 0 atom stereocenters. The van der Waals surface area contributed by atoms with Gasteiger partial charge in [-0.2, -0.15) is 13.2 Å². The van der Waals surface area contributed by atoms with E-state index in [0.717, 1.165) is 24.5 Å². The van der Waals surface area contributed by atoms with Crippen LogP contribution in [-0.4, -0.2) is 31.5 Å². The van der Waals surface area contributed by atoms with Crippen LogP contribution in [0.4, 0.5) is 13.2 Å². The van der Waals surface area contributed by atoms with Gasteiger partial charge in [0, 0.05) is 17.2 Å². The minimum Gasteiger partial charge on any atom is -0.349 e. The number of nitrogens with zero attached hydrogens (tertiary/aromatic N) is 4. The van der Waals surface area contributed by atoms with Crippen molar-refractivity contribution in [2.24, 2.45) is 0 Å². The molecule has 4 aromatic rings. The van der Waals surface area contributed by atoms with E-state index >= 15 is 0 Å². The number of aryl methyl sites for hydroxylation is 1. The van der Waals surface area contributed by atoms with Crippen LogP contribution in [0.5, 0.6) is 0 Å². The number of carbonyl (C=O) groups is 1.